The first-order chi connectivity index (χ1) is 9.04. The Hall–Kier alpha value is -0.960. The summed E-state index contributed by atoms with van der Waals surface area (Å²) in [5.41, 5.74) is -1.02. The zero-order valence-corrected chi connectivity index (χ0v) is 13.7. The summed E-state index contributed by atoms with van der Waals surface area (Å²) in [6.45, 7) is 3.05. The first-order valence-corrected chi connectivity index (χ1v) is 8.32. The Morgan fingerprint density at radius 2 is 2.00 bits per heavy atom. The average molecular weight is 320 g/mol. The highest BCUT2D eigenvalue weighted by atomic mass is 32.2. The molecule has 0 aliphatic rings. The summed E-state index contributed by atoms with van der Waals surface area (Å²) < 4.78 is 25.5. The van der Waals surface area contributed by atoms with E-state index in [2.05, 4.69) is 0 Å². The number of nitrogens with zero attached hydrogens (tertiary/aromatic N) is 2. The minimum absolute atomic E-state index is 0.138. The smallest absolute Gasteiger partial charge is 0.252 e. The third kappa shape index (κ3) is 4.55. The van der Waals surface area contributed by atoms with Crippen molar-refractivity contribution in [1.29, 1.82) is 0 Å². The van der Waals surface area contributed by atoms with Crippen molar-refractivity contribution in [3.05, 3.63) is 17.5 Å². The Labute approximate surface area is 123 Å². The second kappa shape index (κ2) is 6.21. The summed E-state index contributed by atoms with van der Waals surface area (Å²) in [6, 6.07) is 3.15. The van der Waals surface area contributed by atoms with Crippen LogP contribution in [0.3, 0.4) is 0 Å². The molecular formula is C12H20N2O4S2. The molecule has 0 unspecified atom stereocenters. The highest BCUT2D eigenvalue weighted by molar-refractivity contribution is 7.91. The van der Waals surface area contributed by atoms with Crippen molar-refractivity contribution in [2.45, 2.75) is 23.7 Å². The fourth-order valence-corrected chi connectivity index (χ4v) is 3.95. The Kier molecular flexibility index (Phi) is 5.31. The largest absolute Gasteiger partial charge is 0.389 e. The lowest BCUT2D eigenvalue weighted by atomic mass is 10.1. The SMILES string of the molecule is CN(CC(C)(C)O)C(=O)CN(C)S(=O)(=O)c1cccs1. The van der Waals surface area contributed by atoms with Crippen LogP contribution in [0.15, 0.2) is 21.7 Å². The van der Waals surface area contributed by atoms with Crippen molar-refractivity contribution in [2.24, 2.45) is 0 Å². The molecule has 0 radical (unpaired) electrons. The molecular weight excluding hydrogens is 300 g/mol. The van der Waals surface area contributed by atoms with Crippen molar-refractivity contribution in [3.8, 4) is 0 Å². The second-order valence-corrected chi connectivity index (χ2v) is 8.47. The zero-order valence-electron chi connectivity index (χ0n) is 12.0. The maximum Gasteiger partial charge on any atom is 0.252 e. The first-order valence-electron chi connectivity index (χ1n) is 6.00. The third-order valence-corrected chi connectivity index (χ3v) is 5.74. The number of hydrogen-bond acceptors (Lipinski definition) is 5. The molecule has 20 heavy (non-hydrogen) atoms. The average Bonchev–Trinajstić information content (AvgIpc) is 2.80. The van der Waals surface area contributed by atoms with Gasteiger partial charge in [-0.25, -0.2) is 8.42 Å². The minimum Gasteiger partial charge on any atom is -0.389 e. The monoisotopic (exact) mass is 320 g/mol. The van der Waals surface area contributed by atoms with Gasteiger partial charge in [-0.1, -0.05) is 6.07 Å². The van der Waals surface area contributed by atoms with Crippen LogP contribution in [-0.4, -0.2) is 61.4 Å². The van der Waals surface area contributed by atoms with Crippen LogP contribution < -0.4 is 0 Å². The summed E-state index contributed by atoms with van der Waals surface area (Å²) in [6.07, 6.45) is 0. The van der Waals surface area contributed by atoms with Crippen LogP contribution in [0.2, 0.25) is 0 Å². The molecule has 0 bridgehead atoms. The van der Waals surface area contributed by atoms with Gasteiger partial charge in [0.1, 0.15) is 4.21 Å². The molecule has 114 valence electrons. The van der Waals surface area contributed by atoms with E-state index in [1.807, 2.05) is 0 Å². The molecule has 8 heteroatoms. The highest BCUT2D eigenvalue weighted by Gasteiger charge is 2.26. The van der Waals surface area contributed by atoms with Crippen LogP contribution in [0.5, 0.6) is 0 Å². The minimum atomic E-state index is -3.63. The van der Waals surface area contributed by atoms with Crippen molar-refractivity contribution in [2.75, 3.05) is 27.2 Å². The molecule has 0 aliphatic heterocycles. The van der Waals surface area contributed by atoms with E-state index in [1.165, 1.54) is 25.1 Å². The van der Waals surface area contributed by atoms with Gasteiger partial charge in [0.05, 0.1) is 12.1 Å². The fourth-order valence-electron chi connectivity index (χ4n) is 1.63. The van der Waals surface area contributed by atoms with E-state index >= 15 is 0 Å². The van der Waals surface area contributed by atoms with Gasteiger partial charge in [-0.05, 0) is 25.3 Å². The van der Waals surface area contributed by atoms with E-state index < -0.39 is 15.6 Å². The summed E-state index contributed by atoms with van der Waals surface area (Å²) in [5.74, 6) is -0.366. The molecule has 0 saturated heterocycles. The van der Waals surface area contributed by atoms with Gasteiger partial charge >= 0.3 is 0 Å². The topological polar surface area (TPSA) is 77.9 Å². The van der Waals surface area contributed by atoms with Crippen LogP contribution >= 0.6 is 11.3 Å². The summed E-state index contributed by atoms with van der Waals surface area (Å²) in [5, 5.41) is 11.3. The maximum absolute atomic E-state index is 12.2. The number of carbonyl (C=O) groups excluding carboxylic acids is 1. The number of rotatable bonds is 6. The van der Waals surface area contributed by atoms with Crippen LogP contribution in [0.4, 0.5) is 0 Å². The number of thiophene rings is 1. The number of carbonyl (C=O) groups is 1. The predicted octanol–water partition coefficient (Wildman–Crippen LogP) is 0.598. The molecule has 1 amide bonds. The molecule has 6 nitrogen and oxygen atoms in total. The van der Waals surface area contributed by atoms with E-state index in [0.717, 1.165) is 15.6 Å². The van der Waals surface area contributed by atoms with Gasteiger partial charge in [-0.15, -0.1) is 11.3 Å². The second-order valence-electron chi connectivity index (χ2n) is 5.26. The van der Waals surface area contributed by atoms with Gasteiger partial charge in [-0.3, -0.25) is 4.79 Å². The normalized spacial score (nSPS) is 12.7. The molecule has 1 aromatic heterocycles. The standard InChI is InChI=1S/C12H20N2O4S2/c1-12(2,16)9-13(3)10(15)8-14(4)20(17,18)11-6-5-7-19-11/h5-7,16H,8-9H2,1-4H3. The van der Waals surface area contributed by atoms with Crippen LogP contribution in [0, 0.1) is 0 Å². The highest BCUT2D eigenvalue weighted by Crippen LogP contribution is 2.19. The Morgan fingerprint density at radius 1 is 1.40 bits per heavy atom. The molecule has 0 spiro atoms. The molecule has 0 aromatic carbocycles. The Morgan fingerprint density at radius 3 is 2.45 bits per heavy atom. The zero-order chi connectivity index (χ0) is 15.6. The number of hydrogen-bond donors (Lipinski definition) is 1. The molecule has 0 atom stereocenters. The molecule has 1 aromatic rings. The van der Waals surface area contributed by atoms with Crippen molar-refractivity contribution >= 4 is 27.3 Å². The first kappa shape index (κ1) is 17.1. The van der Waals surface area contributed by atoms with Crippen molar-refractivity contribution in [3.63, 3.8) is 0 Å². The van der Waals surface area contributed by atoms with Crippen LogP contribution in [0.1, 0.15) is 13.8 Å². The molecule has 0 saturated carbocycles. The summed E-state index contributed by atoms with van der Waals surface area (Å²) in [4.78, 5) is 13.3. The molecule has 1 heterocycles. The van der Waals surface area contributed by atoms with E-state index in [4.69, 9.17) is 0 Å². The van der Waals surface area contributed by atoms with E-state index in [9.17, 15) is 18.3 Å². The van der Waals surface area contributed by atoms with Gasteiger partial charge in [0.2, 0.25) is 5.91 Å². The lowest BCUT2D eigenvalue weighted by Gasteiger charge is -2.27. The van der Waals surface area contributed by atoms with E-state index in [1.54, 1.807) is 25.3 Å². The van der Waals surface area contributed by atoms with Crippen molar-refractivity contribution in [1.82, 2.24) is 9.21 Å². The molecule has 1 N–H and O–H groups in total. The Balaban J connectivity index is 2.71. The van der Waals surface area contributed by atoms with Crippen LogP contribution in [0.25, 0.3) is 0 Å². The summed E-state index contributed by atoms with van der Waals surface area (Å²) in [7, 11) is -0.726. The Bertz CT molecular complexity index is 547. The number of aliphatic hydroxyl groups is 1. The van der Waals surface area contributed by atoms with E-state index in [0.29, 0.717) is 0 Å². The quantitative estimate of drug-likeness (QED) is 0.832. The lowest BCUT2D eigenvalue weighted by Crippen LogP contribution is -2.44. The fraction of sp³-hybridized carbons (Fsp3) is 0.583. The van der Waals surface area contributed by atoms with Crippen molar-refractivity contribution < 1.29 is 18.3 Å². The van der Waals surface area contributed by atoms with E-state index in [-0.39, 0.29) is 23.2 Å². The number of likely N-dealkylation sites (N-methyl/N-ethyl adjacent to an activating group) is 2. The van der Waals surface area contributed by atoms with Gasteiger partial charge in [0.15, 0.2) is 0 Å². The van der Waals surface area contributed by atoms with Gasteiger partial charge in [0.25, 0.3) is 10.0 Å². The van der Waals surface area contributed by atoms with Gasteiger partial charge in [-0.2, -0.15) is 4.31 Å². The van der Waals surface area contributed by atoms with Crippen LogP contribution in [-0.2, 0) is 14.8 Å². The number of sulfonamides is 1. The number of amides is 1. The third-order valence-electron chi connectivity index (χ3n) is 2.57. The van der Waals surface area contributed by atoms with Gasteiger partial charge < -0.3 is 10.0 Å². The predicted molar refractivity (Wildman–Crippen MR) is 78.1 cm³/mol. The molecule has 0 aliphatic carbocycles. The molecule has 0 fully saturated rings. The van der Waals surface area contributed by atoms with Gasteiger partial charge in [0, 0.05) is 20.6 Å². The summed E-state index contributed by atoms with van der Waals surface area (Å²) >= 11 is 1.11. The molecule has 1 rings (SSSR count). The lowest BCUT2D eigenvalue weighted by molar-refractivity contribution is -0.132. The maximum atomic E-state index is 12.2.